The van der Waals surface area contributed by atoms with E-state index in [2.05, 4.69) is 49.3 Å². The quantitative estimate of drug-likeness (QED) is 0.322. The molecule has 1 aromatic rings. The summed E-state index contributed by atoms with van der Waals surface area (Å²) in [5.41, 5.74) is 1.06. The number of hydrogen-bond donors (Lipinski definition) is 2. The predicted molar refractivity (Wildman–Crippen MR) is 117 cm³/mol. The van der Waals surface area contributed by atoms with Crippen LogP contribution in [0.5, 0.6) is 5.75 Å². The summed E-state index contributed by atoms with van der Waals surface area (Å²) in [7, 11) is 1.77. The van der Waals surface area contributed by atoms with Gasteiger partial charge in [-0.15, -0.1) is 0 Å². The zero-order valence-corrected chi connectivity index (χ0v) is 18.5. The average Bonchev–Trinajstić information content (AvgIpc) is 2.62. The number of methoxy groups -OCH3 is 1. The van der Waals surface area contributed by atoms with Gasteiger partial charge in [0.2, 0.25) is 0 Å². The first kappa shape index (κ1) is 22.4. The molecule has 4 nitrogen and oxygen atoms in total. The van der Waals surface area contributed by atoms with Crippen molar-refractivity contribution in [1.82, 2.24) is 4.72 Å². The van der Waals surface area contributed by atoms with Gasteiger partial charge in [0.25, 0.3) is 0 Å². The van der Waals surface area contributed by atoms with Crippen LogP contribution in [0.3, 0.4) is 0 Å². The summed E-state index contributed by atoms with van der Waals surface area (Å²) >= 11 is 1.57. The van der Waals surface area contributed by atoms with E-state index in [4.69, 9.17) is 9.47 Å². The van der Waals surface area contributed by atoms with Crippen molar-refractivity contribution >= 4 is 17.8 Å². The second kappa shape index (κ2) is 11.8. The van der Waals surface area contributed by atoms with E-state index in [0.717, 1.165) is 42.7 Å². The highest BCUT2D eigenvalue weighted by atomic mass is 32.2. The number of anilines is 1. The van der Waals surface area contributed by atoms with Gasteiger partial charge in [-0.1, -0.05) is 40.2 Å². The topological polar surface area (TPSA) is 42.5 Å². The molecule has 4 atom stereocenters. The van der Waals surface area contributed by atoms with Gasteiger partial charge in [-0.05, 0) is 55.6 Å². The number of nitrogens with one attached hydrogen (secondary N) is 2. The van der Waals surface area contributed by atoms with Crippen LogP contribution in [-0.4, -0.2) is 25.9 Å². The fraction of sp³-hybridized carbons (Fsp3) is 0.727. The number of benzene rings is 1. The SMILES string of the molecule is CCC1CCC1CNSNc1cccc(O[C@H](CC(C)C)C(CC)OC)c1. The number of rotatable bonds is 13. The molecule has 0 bridgehead atoms. The van der Waals surface area contributed by atoms with Crippen molar-refractivity contribution in [3.05, 3.63) is 24.3 Å². The molecule has 0 aromatic heterocycles. The summed E-state index contributed by atoms with van der Waals surface area (Å²) in [5, 5.41) is 0. The summed E-state index contributed by atoms with van der Waals surface area (Å²) in [6, 6.07) is 8.21. The fourth-order valence-electron chi connectivity index (χ4n) is 3.82. The van der Waals surface area contributed by atoms with Crippen molar-refractivity contribution in [2.75, 3.05) is 18.4 Å². The molecule has 3 unspecified atom stereocenters. The Morgan fingerprint density at radius 3 is 2.52 bits per heavy atom. The van der Waals surface area contributed by atoms with Crippen LogP contribution in [0.1, 0.15) is 59.8 Å². The van der Waals surface area contributed by atoms with Gasteiger partial charge >= 0.3 is 0 Å². The van der Waals surface area contributed by atoms with Crippen LogP contribution >= 0.6 is 12.1 Å². The van der Waals surface area contributed by atoms with Crippen molar-refractivity contribution in [3.8, 4) is 5.75 Å². The average molecular weight is 395 g/mol. The molecule has 0 radical (unpaired) electrons. The molecule has 0 spiro atoms. The second-order valence-electron chi connectivity index (χ2n) is 8.05. The highest BCUT2D eigenvalue weighted by molar-refractivity contribution is 7.98. The standard InChI is InChI=1S/C22H38N2O2S/c1-6-17-11-12-18(17)15-23-27-24-19-9-8-10-20(14-19)26-22(13-16(3)4)21(7-2)25-5/h8-10,14,16-18,21-24H,6-7,11-13,15H2,1-5H3/t17?,18?,21?,22-/m1/s1. The maximum atomic E-state index is 6.31. The summed E-state index contributed by atoms with van der Waals surface area (Å²) in [4.78, 5) is 0. The van der Waals surface area contributed by atoms with Crippen LogP contribution in [0.2, 0.25) is 0 Å². The third-order valence-electron chi connectivity index (χ3n) is 5.63. The minimum atomic E-state index is 0.0746. The normalized spacial score (nSPS) is 21.6. The predicted octanol–water partition coefficient (Wildman–Crippen LogP) is 5.91. The van der Waals surface area contributed by atoms with Crippen molar-refractivity contribution in [1.29, 1.82) is 0 Å². The van der Waals surface area contributed by atoms with Crippen molar-refractivity contribution in [2.45, 2.75) is 72.0 Å². The van der Waals surface area contributed by atoms with Crippen molar-refractivity contribution in [2.24, 2.45) is 17.8 Å². The molecule has 2 rings (SSSR count). The monoisotopic (exact) mass is 394 g/mol. The molecule has 1 fully saturated rings. The van der Waals surface area contributed by atoms with Crippen LogP contribution in [-0.2, 0) is 4.74 Å². The Morgan fingerprint density at radius 1 is 1.15 bits per heavy atom. The van der Waals surface area contributed by atoms with Gasteiger partial charge in [0.1, 0.15) is 11.9 Å². The van der Waals surface area contributed by atoms with E-state index < -0.39 is 0 Å². The lowest BCUT2D eigenvalue weighted by Gasteiger charge is -2.36. The largest absolute Gasteiger partial charge is 0.488 e. The molecule has 2 N–H and O–H groups in total. The third-order valence-corrected chi connectivity index (χ3v) is 6.28. The molecule has 1 aromatic carbocycles. The van der Waals surface area contributed by atoms with E-state index in [1.54, 1.807) is 19.2 Å². The minimum absolute atomic E-state index is 0.0746. The van der Waals surface area contributed by atoms with E-state index in [1.807, 2.05) is 12.1 Å². The van der Waals surface area contributed by atoms with Gasteiger partial charge in [-0.3, -0.25) is 0 Å². The van der Waals surface area contributed by atoms with Crippen LogP contribution in [0.4, 0.5) is 5.69 Å². The van der Waals surface area contributed by atoms with Crippen molar-refractivity contribution in [3.63, 3.8) is 0 Å². The zero-order valence-electron chi connectivity index (χ0n) is 17.7. The van der Waals surface area contributed by atoms with E-state index >= 15 is 0 Å². The Balaban J connectivity index is 1.83. The van der Waals surface area contributed by atoms with Crippen LogP contribution in [0.25, 0.3) is 0 Å². The zero-order chi connectivity index (χ0) is 19.6. The van der Waals surface area contributed by atoms with Gasteiger partial charge in [0, 0.05) is 37.5 Å². The Bertz CT molecular complexity index is 535. The minimum Gasteiger partial charge on any atom is -0.488 e. The van der Waals surface area contributed by atoms with Crippen LogP contribution < -0.4 is 14.2 Å². The lowest BCUT2D eigenvalue weighted by atomic mass is 9.72. The molecule has 1 saturated carbocycles. The van der Waals surface area contributed by atoms with Crippen LogP contribution in [0, 0.1) is 17.8 Å². The van der Waals surface area contributed by atoms with Gasteiger partial charge < -0.3 is 14.2 Å². The van der Waals surface area contributed by atoms with E-state index in [-0.39, 0.29) is 12.2 Å². The molecule has 0 heterocycles. The molecular weight excluding hydrogens is 356 g/mol. The molecule has 0 amide bonds. The Kier molecular flexibility index (Phi) is 9.80. The summed E-state index contributed by atoms with van der Waals surface area (Å²) in [5.74, 6) is 3.22. The van der Waals surface area contributed by atoms with E-state index in [1.165, 1.54) is 19.3 Å². The lowest BCUT2D eigenvalue weighted by Crippen LogP contribution is -2.34. The molecule has 1 aliphatic carbocycles. The second-order valence-corrected chi connectivity index (χ2v) is 8.75. The first-order valence-corrected chi connectivity index (χ1v) is 11.3. The van der Waals surface area contributed by atoms with E-state index in [0.29, 0.717) is 5.92 Å². The Morgan fingerprint density at radius 2 is 1.93 bits per heavy atom. The third kappa shape index (κ3) is 7.20. The van der Waals surface area contributed by atoms with Gasteiger partial charge in [-0.25, -0.2) is 4.72 Å². The maximum absolute atomic E-state index is 6.31. The summed E-state index contributed by atoms with van der Waals surface area (Å²) in [6.07, 6.45) is 6.20. The highest BCUT2D eigenvalue weighted by Crippen LogP contribution is 2.36. The first-order chi connectivity index (χ1) is 13.1. The molecule has 1 aliphatic rings. The summed E-state index contributed by atoms with van der Waals surface area (Å²) < 4.78 is 18.8. The first-order valence-electron chi connectivity index (χ1n) is 10.5. The Labute approximate surface area is 170 Å². The summed E-state index contributed by atoms with van der Waals surface area (Å²) in [6.45, 7) is 9.98. The van der Waals surface area contributed by atoms with Gasteiger partial charge in [0.15, 0.2) is 0 Å². The van der Waals surface area contributed by atoms with Crippen LogP contribution in [0.15, 0.2) is 24.3 Å². The molecule has 5 heteroatoms. The molecular formula is C22H38N2O2S. The smallest absolute Gasteiger partial charge is 0.125 e. The van der Waals surface area contributed by atoms with E-state index in [9.17, 15) is 0 Å². The molecule has 0 saturated heterocycles. The fourth-order valence-corrected chi connectivity index (χ4v) is 4.43. The highest BCUT2D eigenvalue weighted by Gasteiger charge is 2.28. The molecule has 0 aliphatic heterocycles. The molecule has 27 heavy (non-hydrogen) atoms. The number of hydrogen-bond acceptors (Lipinski definition) is 5. The van der Waals surface area contributed by atoms with Gasteiger partial charge in [-0.2, -0.15) is 0 Å². The maximum Gasteiger partial charge on any atom is 0.125 e. The van der Waals surface area contributed by atoms with Crippen molar-refractivity contribution < 1.29 is 9.47 Å². The number of ether oxygens (including phenoxy) is 2. The molecule has 154 valence electrons. The van der Waals surface area contributed by atoms with Gasteiger partial charge in [0.05, 0.1) is 6.10 Å². The Hall–Kier alpha value is -0.910. The lowest BCUT2D eigenvalue weighted by molar-refractivity contribution is -0.00898.